The van der Waals surface area contributed by atoms with Crippen molar-refractivity contribution in [1.82, 2.24) is 10.2 Å². The van der Waals surface area contributed by atoms with E-state index in [4.69, 9.17) is 9.47 Å². The van der Waals surface area contributed by atoms with E-state index in [0.717, 1.165) is 17.8 Å². The zero-order valence-corrected chi connectivity index (χ0v) is 19.9. The highest BCUT2D eigenvalue weighted by atomic mass is 16.5. The van der Waals surface area contributed by atoms with Crippen LogP contribution in [0.25, 0.3) is 0 Å². The number of amides is 2. The van der Waals surface area contributed by atoms with E-state index in [0.29, 0.717) is 34.5 Å². The summed E-state index contributed by atoms with van der Waals surface area (Å²) in [4.78, 5) is 26.8. The van der Waals surface area contributed by atoms with Gasteiger partial charge in [0.25, 0.3) is 5.91 Å². The molecule has 178 valence electrons. The topological polar surface area (TPSA) is 96.6 Å². The number of anilines is 2. The highest BCUT2D eigenvalue weighted by Crippen LogP contribution is 2.35. The summed E-state index contributed by atoms with van der Waals surface area (Å²) in [7, 11) is 0. The van der Waals surface area contributed by atoms with Crippen molar-refractivity contribution in [2.75, 3.05) is 16.8 Å². The maximum absolute atomic E-state index is 12.8. The minimum Gasteiger partial charge on any atom is -0.491 e. The molecule has 34 heavy (non-hydrogen) atoms. The first-order valence-corrected chi connectivity index (χ1v) is 11.5. The molecule has 4 rings (SSSR count). The van der Waals surface area contributed by atoms with E-state index in [2.05, 4.69) is 15.5 Å². The van der Waals surface area contributed by atoms with Crippen LogP contribution in [0.2, 0.25) is 0 Å². The van der Waals surface area contributed by atoms with Gasteiger partial charge in [0.2, 0.25) is 5.91 Å². The Morgan fingerprint density at radius 1 is 1.15 bits per heavy atom. The number of carbonyl (C=O) groups is 2. The third kappa shape index (κ3) is 5.95. The van der Waals surface area contributed by atoms with Gasteiger partial charge in [-0.2, -0.15) is 5.10 Å². The highest BCUT2D eigenvalue weighted by Gasteiger charge is 2.26. The molecule has 0 bridgehead atoms. The van der Waals surface area contributed by atoms with Crippen molar-refractivity contribution >= 4 is 23.3 Å². The number of hydrogen-bond donors (Lipinski definition) is 2. The van der Waals surface area contributed by atoms with Crippen molar-refractivity contribution < 1.29 is 19.1 Å². The summed E-state index contributed by atoms with van der Waals surface area (Å²) in [5.41, 5.74) is 2.14. The lowest BCUT2D eigenvalue weighted by atomic mass is 10.1. The number of carbonyl (C=O) groups excluding carboxylic acids is 2. The largest absolute Gasteiger partial charge is 0.491 e. The fourth-order valence-electron chi connectivity index (χ4n) is 3.64. The third-order valence-corrected chi connectivity index (χ3v) is 5.48. The molecule has 1 saturated carbocycles. The summed E-state index contributed by atoms with van der Waals surface area (Å²) in [6.07, 6.45) is 3.85. The van der Waals surface area contributed by atoms with Gasteiger partial charge in [0.15, 0.2) is 0 Å². The maximum atomic E-state index is 12.8. The molecule has 2 N–H and O–H groups in total. The molecule has 0 atom stereocenters. The van der Waals surface area contributed by atoms with E-state index in [1.165, 1.54) is 12.8 Å². The molecule has 1 aromatic heterocycles. The molecule has 1 fully saturated rings. The average Bonchev–Trinajstić information content (AvgIpc) is 3.46. The molecular formula is C26H30N4O4. The molecule has 1 aliphatic carbocycles. The molecule has 0 saturated heterocycles. The van der Waals surface area contributed by atoms with Gasteiger partial charge in [0, 0.05) is 36.9 Å². The SMILES string of the molecule is CC(=O)N(CC1CC1)c1ccc(Oc2cc(OC(C)C)cc(C(=O)Nc3ccn[nH]3)c2)c(C)c1. The number of nitrogens with one attached hydrogen (secondary N) is 2. The lowest BCUT2D eigenvalue weighted by Gasteiger charge is -2.22. The van der Waals surface area contributed by atoms with Crippen molar-refractivity contribution in [3.05, 3.63) is 59.8 Å². The van der Waals surface area contributed by atoms with E-state index >= 15 is 0 Å². The Morgan fingerprint density at radius 2 is 1.91 bits per heavy atom. The number of nitrogens with zero attached hydrogens (tertiary/aromatic N) is 2. The fourth-order valence-corrected chi connectivity index (χ4v) is 3.64. The van der Waals surface area contributed by atoms with Crippen LogP contribution in [-0.2, 0) is 4.79 Å². The molecule has 2 aromatic carbocycles. The van der Waals surface area contributed by atoms with Crippen LogP contribution < -0.4 is 19.7 Å². The number of hydrogen-bond acceptors (Lipinski definition) is 5. The predicted molar refractivity (Wildman–Crippen MR) is 131 cm³/mol. The van der Waals surface area contributed by atoms with E-state index in [1.807, 2.05) is 43.9 Å². The molecule has 8 nitrogen and oxygen atoms in total. The Kier molecular flexibility index (Phi) is 6.86. The Balaban J connectivity index is 1.58. The summed E-state index contributed by atoms with van der Waals surface area (Å²) in [5.74, 6) is 2.46. The van der Waals surface area contributed by atoms with Crippen molar-refractivity contribution in [2.45, 2.75) is 46.6 Å². The first-order valence-electron chi connectivity index (χ1n) is 11.5. The zero-order valence-electron chi connectivity index (χ0n) is 19.9. The van der Waals surface area contributed by atoms with Crippen molar-refractivity contribution in [2.24, 2.45) is 5.92 Å². The van der Waals surface area contributed by atoms with Crippen LogP contribution in [0.1, 0.15) is 49.5 Å². The van der Waals surface area contributed by atoms with Gasteiger partial charge in [-0.15, -0.1) is 0 Å². The summed E-state index contributed by atoms with van der Waals surface area (Å²) >= 11 is 0. The normalized spacial score (nSPS) is 13.0. The van der Waals surface area contributed by atoms with Gasteiger partial charge < -0.3 is 19.7 Å². The Labute approximate surface area is 199 Å². The molecular weight excluding hydrogens is 432 g/mol. The molecule has 0 radical (unpaired) electrons. The standard InChI is InChI=1S/C26H30N4O4/c1-16(2)33-22-12-20(26(32)28-25-9-10-27-29-25)13-23(14-22)34-24-8-7-21(11-17(24)3)30(18(4)31)15-19-5-6-19/h7-14,16,19H,5-6,15H2,1-4H3,(H2,27,28,29,32). The smallest absolute Gasteiger partial charge is 0.257 e. The first-order chi connectivity index (χ1) is 16.3. The second-order valence-electron chi connectivity index (χ2n) is 8.91. The second-order valence-corrected chi connectivity index (χ2v) is 8.91. The van der Waals surface area contributed by atoms with Gasteiger partial charge >= 0.3 is 0 Å². The zero-order chi connectivity index (χ0) is 24.2. The van der Waals surface area contributed by atoms with E-state index in [9.17, 15) is 9.59 Å². The molecule has 2 amide bonds. The number of rotatable bonds is 9. The van der Waals surface area contributed by atoms with Crippen molar-refractivity contribution in [3.8, 4) is 17.2 Å². The average molecular weight is 463 g/mol. The van der Waals surface area contributed by atoms with E-state index in [-0.39, 0.29) is 17.9 Å². The minimum absolute atomic E-state index is 0.0337. The Hall–Kier alpha value is -3.81. The molecule has 1 heterocycles. The number of aromatic amines is 1. The monoisotopic (exact) mass is 462 g/mol. The Bertz CT molecular complexity index is 1170. The van der Waals surface area contributed by atoms with Crippen LogP contribution in [-0.4, -0.2) is 34.7 Å². The van der Waals surface area contributed by atoms with Crippen LogP contribution in [0.3, 0.4) is 0 Å². The number of aromatic nitrogens is 2. The predicted octanol–water partition coefficient (Wildman–Crippen LogP) is 5.31. The van der Waals surface area contributed by atoms with Gasteiger partial charge in [0.05, 0.1) is 12.3 Å². The van der Waals surface area contributed by atoms with Crippen molar-refractivity contribution in [1.29, 1.82) is 0 Å². The molecule has 0 aliphatic heterocycles. The summed E-state index contributed by atoms with van der Waals surface area (Å²) in [6, 6.07) is 12.5. The molecule has 8 heteroatoms. The molecule has 0 spiro atoms. The summed E-state index contributed by atoms with van der Waals surface area (Å²) in [6.45, 7) is 8.12. The molecule has 1 aliphatic rings. The number of benzene rings is 2. The van der Waals surface area contributed by atoms with Gasteiger partial charge in [-0.1, -0.05) is 0 Å². The van der Waals surface area contributed by atoms with Crippen molar-refractivity contribution in [3.63, 3.8) is 0 Å². The second kappa shape index (κ2) is 9.99. The number of H-pyrrole nitrogens is 1. The third-order valence-electron chi connectivity index (χ3n) is 5.48. The fraction of sp³-hybridized carbons (Fsp3) is 0.346. The van der Waals surface area contributed by atoms with Gasteiger partial charge in [-0.05, 0) is 75.4 Å². The van der Waals surface area contributed by atoms with Crippen LogP contribution in [0.5, 0.6) is 17.2 Å². The van der Waals surface area contributed by atoms with Crippen LogP contribution in [0.4, 0.5) is 11.5 Å². The summed E-state index contributed by atoms with van der Waals surface area (Å²) < 4.78 is 12.0. The number of aryl methyl sites for hydroxylation is 1. The molecule has 0 unspecified atom stereocenters. The van der Waals surface area contributed by atoms with E-state index < -0.39 is 0 Å². The Morgan fingerprint density at radius 3 is 2.53 bits per heavy atom. The first kappa shape index (κ1) is 23.4. The summed E-state index contributed by atoms with van der Waals surface area (Å²) in [5, 5.41) is 9.32. The lowest BCUT2D eigenvalue weighted by Crippen LogP contribution is -2.30. The van der Waals surface area contributed by atoms with Crippen LogP contribution >= 0.6 is 0 Å². The van der Waals surface area contributed by atoms with E-state index in [1.54, 1.807) is 37.4 Å². The van der Waals surface area contributed by atoms with Gasteiger partial charge in [0.1, 0.15) is 23.1 Å². The number of ether oxygens (including phenoxy) is 2. The minimum atomic E-state index is -0.312. The van der Waals surface area contributed by atoms with Crippen LogP contribution in [0, 0.1) is 12.8 Å². The maximum Gasteiger partial charge on any atom is 0.257 e. The van der Waals surface area contributed by atoms with Gasteiger partial charge in [-0.25, -0.2) is 0 Å². The lowest BCUT2D eigenvalue weighted by molar-refractivity contribution is -0.116. The quantitative estimate of drug-likeness (QED) is 0.449. The highest BCUT2D eigenvalue weighted by molar-refractivity contribution is 6.04. The van der Waals surface area contributed by atoms with Gasteiger partial charge in [-0.3, -0.25) is 14.7 Å². The molecule has 3 aromatic rings. The van der Waals surface area contributed by atoms with Crippen LogP contribution in [0.15, 0.2) is 48.7 Å².